The molecule has 1 aliphatic rings. The Labute approximate surface area is 165 Å². The number of carbonyl (C=O) groups is 2. The molecule has 1 amide bonds. The van der Waals surface area contributed by atoms with Gasteiger partial charge in [-0.2, -0.15) is 0 Å². The van der Waals surface area contributed by atoms with Gasteiger partial charge in [-0.15, -0.1) is 0 Å². The number of amides is 1. The molecule has 148 valence electrons. The number of likely N-dealkylation sites (tertiary alicyclic amines) is 1. The highest BCUT2D eigenvalue weighted by atomic mass is 19.1. The SMILES string of the molecule is CC(C)(C)Oc1ccc(C(=O)N2CCCC(C(=O)c3cccc(F)c3)C2)cc1. The van der Waals surface area contributed by atoms with Gasteiger partial charge in [-0.1, -0.05) is 12.1 Å². The van der Waals surface area contributed by atoms with E-state index in [1.54, 1.807) is 35.2 Å². The van der Waals surface area contributed by atoms with Gasteiger partial charge in [0.15, 0.2) is 5.78 Å². The third-order valence-electron chi connectivity index (χ3n) is 4.71. The summed E-state index contributed by atoms with van der Waals surface area (Å²) in [6.07, 6.45) is 1.46. The summed E-state index contributed by atoms with van der Waals surface area (Å²) in [7, 11) is 0. The molecule has 1 unspecified atom stereocenters. The molecule has 1 heterocycles. The summed E-state index contributed by atoms with van der Waals surface area (Å²) in [4.78, 5) is 27.3. The maximum Gasteiger partial charge on any atom is 0.253 e. The number of hydrogen-bond donors (Lipinski definition) is 0. The molecule has 4 nitrogen and oxygen atoms in total. The molecular formula is C23H26FNO3. The van der Waals surface area contributed by atoms with Gasteiger partial charge < -0.3 is 9.64 Å². The Hall–Kier alpha value is -2.69. The number of hydrogen-bond acceptors (Lipinski definition) is 3. The zero-order chi connectivity index (χ0) is 20.3. The van der Waals surface area contributed by atoms with E-state index in [1.807, 2.05) is 20.8 Å². The van der Waals surface area contributed by atoms with Crippen molar-refractivity contribution >= 4 is 11.7 Å². The van der Waals surface area contributed by atoms with Gasteiger partial charge in [-0.3, -0.25) is 9.59 Å². The molecule has 1 aliphatic heterocycles. The predicted molar refractivity (Wildman–Crippen MR) is 106 cm³/mol. The van der Waals surface area contributed by atoms with E-state index in [9.17, 15) is 14.0 Å². The Bertz CT molecular complexity index is 855. The van der Waals surface area contributed by atoms with Crippen LogP contribution in [0.4, 0.5) is 4.39 Å². The van der Waals surface area contributed by atoms with Crippen LogP contribution in [0, 0.1) is 11.7 Å². The third-order valence-corrected chi connectivity index (χ3v) is 4.71. The maximum atomic E-state index is 13.4. The molecule has 2 aromatic carbocycles. The minimum absolute atomic E-state index is 0.0981. The molecule has 0 aliphatic carbocycles. The van der Waals surface area contributed by atoms with Crippen molar-refractivity contribution in [1.29, 1.82) is 0 Å². The fourth-order valence-electron chi connectivity index (χ4n) is 3.45. The second-order valence-electron chi connectivity index (χ2n) is 8.20. The van der Waals surface area contributed by atoms with E-state index in [0.29, 0.717) is 36.4 Å². The summed E-state index contributed by atoms with van der Waals surface area (Å²) < 4.78 is 19.2. The average molecular weight is 383 g/mol. The molecule has 28 heavy (non-hydrogen) atoms. The van der Waals surface area contributed by atoms with E-state index >= 15 is 0 Å². The lowest BCUT2D eigenvalue weighted by Gasteiger charge is -2.32. The minimum atomic E-state index is -0.424. The van der Waals surface area contributed by atoms with Crippen LogP contribution in [0.2, 0.25) is 0 Å². The summed E-state index contributed by atoms with van der Waals surface area (Å²) in [5.74, 6) is -0.220. The summed E-state index contributed by atoms with van der Waals surface area (Å²) in [5, 5.41) is 0. The molecule has 2 aromatic rings. The van der Waals surface area contributed by atoms with Crippen molar-refractivity contribution in [3.05, 3.63) is 65.5 Å². The molecule has 3 rings (SSSR count). The van der Waals surface area contributed by atoms with Crippen LogP contribution in [0.3, 0.4) is 0 Å². The van der Waals surface area contributed by atoms with Gasteiger partial charge in [0.05, 0.1) is 0 Å². The zero-order valence-electron chi connectivity index (χ0n) is 16.6. The maximum absolute atomic E-state index is 13.4. The first-order valence-corrected chi connectivity index (χ1v) is 9.61. The lowest BCUT2D eigenvalue weighted by molar-refractivity contribution is 0.0637. The third kappa shape index (κ3) is 4.97. The van der Waals surface area contributed by atoms with Gasteiger partial charge in [-0.25, -0.2) is 4.39 Å². The average Bonchev–Trinajstić information content (AvgIpc) is 2.66. The fraction of sp³-hybridized carbons (Fsp3) is 0.391. The van der Waals surface area contributed by atoms with E-state index in [-0.39, 0.29) is 23.2 Å². The van der Waals surface area contributed by atoms with E-state index < -0.39 is 5.82 Å². The molecule has 1 atom stereocenters. The zero-order valence-corrected chi connectivity index (χ0v) is 16.6. The first-order valence-electron chi connectivity index (χ1n) is 9.61. The highest BCUT2D eigenvalue weighted by molar-refractivity contribution is 5.99. The van der Waals surface area contributed by atoms with Crippen LogP contribution >= 0.6 is 0 Å². The number of nitrogens with zero attached hydrogens (tertiary/aromatic N) is 1. The molecule has 5 heteroatoms. The smallest absolute Gasteiger partial charge is 0.253 e. The second kappa shape index (κ2) is 8.13. The van der Waals surface area contributed by atoms with E-state index in [1.165, 1.54) is 18.2 Å². The van der Waals surface area contributed by atoms with Crippen LogP contribution in [-0.4, -0.2) is 35.3 Å². The van der Waals surface area contributed by atoms with Crippen LogP contribution < -0.4 is 4.74 Å². The molecular weight excluding hydrogens is 357 g/mol. The molecule has 0 N–H and O–H groups in total. The first kappa shape index (κ1) is 20.1. The normalized spacial score (nSPS) is 17.3. The minimum Gasteiger partial charge on any atom is -0.488 e. The summed E-state index contributed by atoms with van der Waals surface area (Å²) in [6.45, 7) is 6.88. The summed E-state index contributed by atoms with van der Waals surface area (Å²) >= 11 is 0. The summed E-state index contributed by atoms with van der Waals surface area (Å²) in [5.41, 5.74) is 0.631. The summed E-state index contributed by atoms with van der Waals surface area (Å²) in [6, 6.07) is 12.8. The van der Waals surface area contributed by atoms with Gasteiger partial charge in [0.1, 0.15) is 17.2 Å². The molecule has 1 saturated heterocycles. The van der Waals surface area contributed by atoms with Gasteiger partial charge >= 0.3 is 0 Å². The Morgan fingerprint density at radius 2 is 1.79 bits per heavy atom. The van der Waals surface area contributed by atoms with Crippen molar-refractivity contribution in [3.63, 3.8) is 0 Å². The number of rotatable bonds is 4. The number of carbonyl (C=O) groups excluding carboxylic acids is 2. The van der Waals surface area contributed by atoms with E-state index in [0.717, 1.165) is 6.42 Å². The number of ether oxygens (including phenoxy) is 1. The van der Waals surface area contributed by atoms with Gasteiger partial charge in [0.2, 0.25) is 0 Å². The lowest BCUT2D eigenvalue weighted by Crippen LogP contribution is -2.42. The van der Waals surface area contributed by atoms with Gasteiger partial charge in [0.25, 0.3) is 5.91 Å². The standard InChI is InChI=1S/C23H26FNO3/c1-23(2,3)28-20-11-9-16(10-12-20)22(27)25-13-5-7-18(15-25)21(26)17-6-4-8-19(24)14-17/h4,6,8-12,14,18H,5,7,13,15H2,1-3H3. The van der Waals surface area contributed by atoms with Gasteiger partial charge in [-0.05, 0) is 70.0 Å². The number of halogens is 1. The number of ketones is 1. The van der Waals surface area contributed by atoms with Crippen LogP contribution in [0.15, 0.2) is 48.5 Å². The Morgan fingerprint density at radius 3 is 2.43 bits per heavy atom. The van der Waals surface area contributed by atoms with Crippen molar-refractivity contribution in [2.75, 3.05) is 13.1 Å². The highest BCUT2D eigenvalue weighted by Crippen LogP contribution is 2.24. The Balaban J connectivity index is 1.68. The van der Waals surface area contributed by atoms with Crippen LogP contribution in [0.25, 0.3) is 0 Å². The van der Waals surface area contributed by atoms with E-state index in [4.69, 9.17) is 4.74 Å². The molecule has 0 radical (unpaired) electrons. The van der Waals surface area contributed by atoms with Crippen molar-refractivity contribution < 1.29 is 18.7 Å². The van der Waals surface area contributed by atoms with Crippen molar-refractivity contribution in [2.45, 2.75) is 39.2 Å². The van der Waals surface area contributed by atoms with Crippen LogP contribution in [0.1, 0.15) is 54.3 Å². The second-order valence-corrected chi connectivity index (χ2v) is 8.20. The molecule has 0 spiro atoms. The predicted octanol–water partition coefficient (Wildman–Crippen LogP) is 4.74. The van der Waals surface area contributed by atoms with Crippen molar-refractivity contribution in [3.8, 4) is 5.75 Å². The first-order chi connectivity index (χ1) is 13.2. The number of piperidine rings is 1. The monoisotopic (exact) mass is 383 g/mol. The largest absolute Gasteiger partial charge is 0.488 e. The van der Waals surface area contributed by atoms with Crippen LogP contribution in [-0.2, 0) is 0 Å². The molecule has 0 aromatic heterocycles. The van der Waals surface area contributed by atoms with Crippen molar-refractivity contribution in [1.82, 2.24) is 4.90 Å². The molecule has 1 fully saturated rings. The van der Waals surface area contributed by atoms with Crippen molar-refractivity contribution in [2.24, 2.45) is 5.92 Å². The topological polar surface area (TPSA) is 46.6 Å². The number of benzene rings is 2. The quantitative estimate of drug-likeness (QED) is 0.717. The highest BCUT2D eigenvalue weighted by Gasteiger charge is 2.29. The molecule has 0 saturated carbocycles. The fourth-order valence-corrected chi connectivity index (χ4v) is 3.45. The Kier molecular flexibility index (Phi) is 5.82. The Morgan fingerprint density at radius 1 is 1.07 bits per heavy atom. The lowest BCUT2D eigenvalue weighted by atomic mass is 9.89. The number of Topliss-reactive ketones (excluding diaryl/α,β-unsaturated/α-hetero) is 1. The van der Waals surface area contributed by atoms with Crippen LogP contribution in [0.5, 0.6) is 5.75 Å². The molecule has 0 bridgehead atoms. The van der Waals surface area contributed by atoms with E-state index in [2.05, 4.69) is 0 Å². The van der Waals surface area contributed by atoms with Gasteiger partial charge in [0, 0.05) is 30.1 Å².